The normalized spacial score (nSPS) is 17.5. The highest BCUT2D eigenvalue weighted by molar-refractivity contribution is 5.90. The first kappa shape index (κ1) is 22.4. The molecule has 0 spiro atoms. The van der Waals surface area contributed by atoms with Crippen molar-refractivity contribution in [2.75, 3.05) is 18.4 Å². The summed E-state index contributed by atoms with van der Waals surface area (Å²) in [6, 6.07) is 7.89. The third kappa shape index (κ3) is 6.59. The molecular formula is C18H27Cl2N5O. The molecule has 2 aromatic rings. The highest BCUT2D eigenvalue weighted by Crippen LogP contribution is 2.23. The van der Waals surface area contributed by atoms with Crippen LogP contribution < -0.4 is 10.6 Å². The van der Waals surface area contributed by atoms with Crippen molar-refractivity contribution in [1.82, 2.24) is 20.1 Å². The number of anilines is 1. The lowest BCUT2D eigenvalue weighted by Crippen LogP contribution is -2.34. The summed E-state index contributed by atoms with van der Waals surface area (Å²) >= 11 is 0. The number of carbonyl (C=O) groups excluding carboxylic acids is 1. The summed E-state index contributed by atoms with van der Waals surface area (Å²) in [6.07, 6.45) is 6.20. The lowest BCUT2D eigenvalue weighted by atomic mass is 9.85. The van der Waals surface area contributed by atoms with E-state index in [2.05, 4.69) is 27.6 Å². The number of hydrogen-bond acceptors (Lipinski definition) is 4. The number of piperidine rings is 1. The molecule has 26 heavy (non-hydrogen) atoms. The lowest BCUT2D eigenvalue weighted by Gasteiger charge is -2.28. The second kappa shape index (κ2) is 11.2. The lowest BCUT2D eigenvalue weighted by molar-refractivity contribution is -0.117. The molecule has 2 unspecified atom stereocenters. The van der Waals surface area contributed by atoms with Gasteiger partial charge in [-0.15, -0.1) is 24.8 Å². The average molecular weight is 400 g/mol. The van der Waals surface area contributed by atoms with E-state index in [4.69, 9.17) is 0 Å². The van der Waals surface area contributed by atoms with E-state index >= 15 is 0 Å². The van der Waals surface area contributed by atoms with Crippen LogP contribution in [-0.2, 0) is 11.3 Å². The van der Waals surface area contributed by atoms with Gasteiger partial charge in [0.15, 0.2) is 0 Å². The van der Waals surface area contributed by atoms with Crippen molar-refractivity contribution in [3.05, 3.63) is 42.5 Å². The Morgan fingerprint density at radius 3 is 2.96 bits per heavy atom. The predicted octanol–water partition coefficient (Wildman–Crippen LogP) is 3.13. The van der Waals surface area contributed by atoms with E-state index in [1.807, 2.05) is 24.3 Å². The number of rotatable bonds is 6. The smallest absolute Gasteiger partial charge is 0.224 e. The van der Waals surface area contributed by atoms with Crippen molar-refractivity contribution in [3.8, 4) is 0 Å². The average Bonchev–Trinajstić information content (AvgIpc) is 3.09. The van der Waals surface area contributed by atoms with E-state index in [1.165, 1.54) is 19.2 Å². The SMILES string of the molecule is CC(CC(=O)Nc1cccc(Cn2cncn2)c1)C1CCCNC1.Cl.Cl. The van der Waals surface area contributed by atoms with Gasteiger partial charge < -0.3 is 10.6 Å². The Morgan fingerprint density at radius 2 is 2.27 bits per heavy atom. The molecule has 144 valence electrons. The molecule has 0 aliphatic carbocycles. The van der Waals surface area contributed by atoms with Gasteiger partial charge in [-0.3, -0.25) is 4.79 Å². The summed E-state index contributed by atoms with van der Waals surface area (Å²) in [5.41, 5.74) is 1.93. The number of nitrogens with one attached hydrogen (secondary N) is 2. The molecule has 1 aromatic heterocycles. The Hall–Kier alpha value is -1.63. The third-order valence-electron chi connectivity index (χ3n) is 4.67. The van der Waals surface area contributed by atoms with Gasteiger partial charge in [-0.2, -0.15) is 5.10 Å². The molecule has 1 saturated heterocycles. The monoisotopic (exact) mass is 399 g/mol. The molecule has 2 heterocycles. The fraction of sp³-hybridized carbons (Fsp3) is 0.500. The van der Waals surface area contributed by atoms with Crippen molar-refractivity contribution in [2.24, 2.45) is 11.8 Å². The van der Waals surface area contributed by atoms with E-state index in [0.717, 1.165) is 24.3 Å². The molecule has 1 aromatic carbocycles. The molecule has 6 nitrogen and oxygen atoms in total. The minimum Gasteiger partial charge on any atom is -0.326 e. The molecule has 2 atom stereocenters. The van der Waals surface area contributed by atoms with E-state index in [9.17, 15) is 4.79 Å². The molecule has 0 radical (unpaired) electrons. The topological polar surface area (TPSA) is 71.8 Å². The summed E-state index contributed by atoms with van der Waals surface area (Å²) in [6.45, 7) is 4.96. The Balaban J connectivity index is 0.00000169. The van der Waals surface area contributed by atoms with Crippen molar-refractivity contribution >= 4 is 36.4 Å². The maximum Gasteiger partial charge on any atom is 0.224 e. The number of halogens is 2. The van der Waals surface area contributed by atoms with Crippen molar-refractivity contribution in [3.63, 3.8) is 0 Å². The Labute approximate surface area is 167 Å². The number of amides is 1. The first-order valence-corrected chi connectivity index (χ1v) is 8.62. The molecule has 1 amide bonds. The summed E-state index contributed by atoms with van der Waals surface area (Å²) < 4.78 is 1.76. The molecule has 1 aliphatic rings. The fourth-order valence-corrected chi connectivity index (χ4v) is 3.28. The summed E-state index contributed by atoms with van der Waals surface area (Å²) in [7, 11) is 0. The maximum absolute atomic E-state index is 12.3. The van der Waals surface area contributed by atoms with Gasteiger partial charge in [0.25, 0.3) is 0 Å². The zero-order chi connectivity index (χ0) is 16.8. The van der Waals surface area contributed by atoms with Gasteiger partial charge in [-0.1, -0.05) is 19.1 Å². The zero-order valence-electron chi connectivity index (χ0n) is 14.9. The second-order valence-electron chi connectivity index (χ2n) is 6.63. The number of carbonyl (C=O) groups is 1. The van der Waals surface area contributed by atoms with E-state index in [1.54, 1.807) is 11.0 Å². The Kier molecular flexibility index (Phi) is 9.62. The molecule has 8 heteroatoms. The minimum atomic E-state index is 0. The molecular weight excluding hydrogens is 373 g/mol. The molecule has 0 bridgehead atoms. The second-order valence-corrected chi connectivity index (χ2v) is 6.63. The zero-order valence-corrected chi connectivity index (χ0v) is 16.6. The first-order valence-electron chi connectivity index (χ1n) is 8.62. The largest absolute Gasteiger partial charge is 0.326 e. The van der Waals surface area contributed by atoms with Crippen LogP contribution in [0, 0.1) is 11.8 Å². The van der Waals surface area contributed by atoms with Crippen molar-refractivity contribution in [2.45, 2.75) is 32.7 Å². The van der Waals surface area contributed by atoms with Gasteiger partial charge in [0, 0.05) is 12.1 Å². The summed E-state index contributed by atoms with van der Waals surface area (Å²) in [5, 5.41) is 10.6. The Bertz CT molecular complexity index is 659. The van der Waals surface area contributed by atoms with Crippen LogP contribution in [0.1, 0.15) is 31.7 Å². The number of benzene rings is 1. The maximum atomic E-state index is 12.3. The molecule has 3 rings (SSSR count). The van der Waals surface area contributed by atoms with E-state index < -0.39 is 0 Å². The van der Waals surface area contributed by atoms with Gasteiger partial charge in [0.1, 0.15) is 12.7 Å². The number of aromatic nitrogens is 3. The van der Waals surface area contributed by atoms with Crippen LogP contribution in [0.3, 0.4) is 0 Å². The van der Waals surface area contributed by atoms with Crippen LogP contribution in [0.25, 0.3) is 0 Å². The van der Waals surface area contributed by atoms with Crippen LogP contribution in [0.2, 0.25) is 0 Å². The van der Waals surface area contributed by atoms with Crippen molar-refractivity contribution in [1.29, 1.82) is 0 Å². The van der Waals surface area contributed by atoms with Gasteiger partial charge >= 0.3 is 0 Å². The molecule has 2 N–H and O–H groups in total. The minimum absolute atomic E-state index is 0. The van der Waals surface area contributed by atoms with Crippen LogP contribution in [0.5, 0.6) is 0 Å². The van der Waals surface area contributed by atoms with Gasteiger partial charge in [0.2, 0.25) is 5.91 Å². The molecule has 1 fully saturated rings. The van der Waals surface area contributed by atoms with Crippen LogP contribution in [0.4, 0.5) is 5.69 Å². The number of nitrogens with zero attached hydrogens (tertiary/aromatic N) is 3. The van der Waals surface area contributed by atoms with Gasteiger partial charge in [-0.05, 0) is 55.5 Å². The molecule has 0 saturated carbocycles. The quantitative estimate of drug-likeness (QED) is 0.782. The van der Waals surface area contributed by atoms with Crippen LogP contribution >= 0.6 is 24.8 Å². The van der Waals surface area contributed by atoms with Gasteiger partial charge in [-0.25, -0.2) is 9.67 Å². The van der Waals surface area contributed by atoms with Crippen LogP contribution in [-0.4, -0.2) is 33.8 Å². The van der Waals surface area contributed by atoms with E-state index in [-0.39, 0.29) is 30.7 Å². The van der Waals surface area contributed by atoms with Gasteiger partial charge in [0.05, 0.1) is 6.54 Å². The standard InChI is InChI=1S/C18H25N5O.2ClH/c1-14(16-5-3-7-19-10-16)8-18(24)22-17-6-2-4-15(9-17)11-23-13-20-12-21-23;;/h2,4,6,9,12-14,16,19H,3,5,7-8,10-11H2,1H3,(H,22,24);2*1H. The Morgan fingerprint density at radius 1 is 1.42 bits per heavy atom. The van der Waals surface area contributed by atoms with Crippen molar-refractivity contribution < 1.29 is 4.79 Å². The summed E-state index contributed by atoms with van der Waals surface area (Å²) in [5.74, 6) is 1.09. The highest BCUT2D eigenvalue weighted by atomic mass is 35.5. The van der Waals surface area contributed by atoms with E-state index in [0.29, 0.717) is 24.8 Å². The van der Waals surface area contributed by atoms with Crippen LogP contribution in [0.15, 0.2) is 36.9 Å². The number of hydrogen-bond donors (Lipinski definition) is 2. The third-order valence-corrected chi connectivity index (χ3v) is 4.67. The molecule has 1 aliphatic heterocycles. The summed E-state index contributed by atoms with van der Waals surface area (Å²) in [4.78, 5) is 16.3. The highest BCUT2D eigenvalue weighted by Gasteiger charge is 2.22. The predicted molar refractivity (Wildman–Crippen MR) is 108 cm³/mol. The first-order chi connectivity index (χ1) is 11.7. The fourth-order valence-electron chi connectivity index (χ4n) is 3.28.